The first-order valence-electron chi connectivity index (χ1n) is 8.18. The van der Waals surface area contributed by atoms with Crippen molar-refractivity contribution in [3.63, 3.8) is 0 Å². The summed E-state index contributed by atoms with van der Waals surface area (Å²) >= 11 is 0. The molecule has 0 unspecified atom stereocenters. The van der Waals surface area contributed by atoms with Gasteiger partial charge in [0.1, 0.15) is 5.82 Å². The number of aryl methyl sites for hydroxylation is 2. The highest BCUT2D eigenvalue weighted by molar-refractivity contribution is 5.77. The molecule has 0 bridgehead atoms. The number of amides is 1. The second-order valence-electron chi connectivity index (χ2n) is 6.05. The van der Waals surface area contributed by atoms with Gasteiger partial charge in [-0.15, -0.1) is 0 Å². The molecule has 2 aromatic carbocycles. The zero-order valence-corrected chi connectivity index (χ0v) is 14.2. The first kappa shape index (κ1) is 18.0. The van der Waals surface area contributed by atoms with Gasteiger partial charge in [0.2, 0.25) is 5.91 Å². The molecule has 0 radical (unpaired) electrons. The van der Waals surface area contributed by atoms with E-state index in [1.807, 2.05) is 35.9 Å². The van der Waals surface area contributed by atoms with E-state index in [1.165, 1.54) is 12.1 Å². The van der Waals surface area contributed by atoms with E-state index in [2.05, 4.69) is 10.3 Å². The van der Waals surface area contributed by atoms with Crippen LogP contribution in [-0.4, -0.2) is 15.5 Å². The Morgan fingerprint density at radius 3 is 2.46 bits per heavy atom. The number of nitrogens with zero attached hydrogens (tertiary/aromatic N) is 2. The maximum atomic E-state index is 12.5. The SMILES string of the molecule is Cn1c(CCC(=O)NCc2ccc(C(F)(F)F)cc2)nc2ccccc21. The number of carbonyl (C=O) groups is 1. The monoisotopic (exact) mass is 361 g/mol. The number of para-hydroxylation sites is 2. The number of hydrogen-bond acceptors (Lipinski definition) is 2. The molecular weight excluding hydrogens is 343 g/mol. The van der Waals surface area contributed by atoms with Crippen molar-refractivity contribution in [2.75, 3.05) is 0 Å². The third kappa shape index (κ3) is 4.04. The molecule has 1 N–H and O–H groups in total. The van der Waals surface area contributed by atoms with Gasteiger partial charge in [-0.05, 0) is 29.8 Å². The standard InChI is InChI=1S/C19H18F3N3O/c1-25-16-5-3-2-4-15(16)24-17(25)10-11-18(26)23-12-13-6-8-14(9-7-13)19(20,21)22/h2-9H,10-12H2,1H3,(H,23,26). The number of alkyl halides is 3. The third-order valence-electron chi connectivity index (χ3n) is 4.23. The maximum Gasteiger partial charge on any atom is 0.416 e. The van der Waals surface area contributed by atoms with Crippen molar-refractivity contribution in [1.29, 1.82) is 0 Å². The molecular formula is C19H18F3N3O. The van der Waals surface area contributed by atoms with Crippen molar-refractivity contribution < 1.29 is 18.0 Å². The fourth-order valence-electron chi connectivity index (χ4n) is 2.74. The molecule has 4 nitrogen and oxygen atoms in total. The first-order chi connectivity index (χ1) is 12.3. The van der Waals surface area contributed by atoms with E-state index in [0.29, 0.717) is 12.0 Å². The van der Waals surface area contributed by atoms with E-state index >= 15 is 0 Å². The summed E-state index contributed by atoms with van der Waals surface area (Å²) in [6.07, 6.45) is -3.60. The lowest BCUT2D eigenvalue weighted by Gasteiger charge is -2.09. The van der Waals surface area contributed by atoms with Crippen LogP contribution in [0, 0.1) is 0 Å². The topological polar surface area (TPSA) is 46.9 Å². The van der Waals surface area contributed by atoms with Crippen molar-refractivity contribution in [1.82, 2.24) is 14.9 Å². The highest BCUT2D eigenvalue weighted by atomic mass is 19.4. The summed E-state index contributed by atoms with van der Waals surface area (Å²) < 4.78 is 39.5. The predicted octanol–water partition coefficient (Wildman–Crippen LogP) is 3.84. The minimum absolute atomic E-state index is 0.169. The lowest BCUT2D eigenvalue weighted by atomic mass is 10.1. The summed E-state index contributed by atoms with van der Waals surface area (Å²) in [5, 5.41) is 2.72. The molecule has 26 heavy (non-hydrogen) atoms. The quantitative estimate of drug-likeness (QED) is 0.751. The Balaban J connectivity index is 1.53. The average molecular weight is 361 g/mol. The molecule has 0 fully saturated rings. The molecule has 0 saturated heterocycles. The fourth-order valence-corrected chi connectivity index (χ4v) is 2.74. The molecule has 0 spiro atoms. The van der Waals surface area contributed by atoms with E-state index in [4.69, 9.17) is 0 Å². The maximum absolute atomic E-state index is 12.5. The van der Waals surface area contributed by atoms with Gasteiger partial charge >= 0.3 is 6.18 Å². The number of carbonyl (C=O) groups excluding carboxylic acids is 1. The van der Waals surface area contributed by atoms with Crippen LogP contribution >= 0.6 is 0 Å². The van der Waals surface area contributed by atoms with Crippen LogP contribution < -0.4 is 5.32 Å². The van der Waals surface area contributed by atoms with Crippen LogP contribution in [-0.2, 0) is 31.0 Å². The number of aromatic nitrogens is 2. The van der Waals surface area contributed by atoms with Gasteiger partial charge in [-0.3, -0.25) is 4.79 Å². The number of rotatable bonds is 5. The Morgan fingerprint density at radius 1 is 1.12 bits per heavy atom. The number of imidazole rings is 1. The molecule has 7 heteroatoms. The molecule has 136 valence electrons. The molecule has 0 aliphatic rings. The van der Waals surface area contributed by atoms with Crippen molar-refractivity contribution in [2.45, 2.75) is 25.6 Å². The fraction of sp³-hybridized carbons (Fsp3) is 0.263. The van der Waals surface area contributed by atoms with Crippen LogP contribution in [0.2, 0.25) is 0 Å². The van der Waals surface area contributed by atoms with Gasteiger partial charge in [0.25, 0.3) is 0 Å². The first-order valence-corrected chi connectivity index (χ1v) is 8.18. The number of fused-ring (bicyclic) bond motifs is 1. The predicted molar refractivity (Wildman–Crippen MR) is 92.3 cm³/mol. The zero-order chi connectivity index (χ0) is 18.7. The summed E-state index contributed by atoms with van der Waals surface area (Å²) in [6.45, 7) is 0.194. The van der Waals surface area contributed by atoms with E-state index in [1.54, 1.807) is 0 Å². The van der Waals surface area contributed by atoms with Crippen LogP contribution in [0.1, 0.15) is 23.4 Å². The van der Waals surface area contributed by atoms with E-state index in [-0.39, 0.29) is 18.9 Å². The molecule has 3 rings (SSSR count). The summed E-state index contributed by atoms with van der Waals surface area (Å²) in [6, 6.07) is 12.5. The van der Waals surface area contributed by atoms with Crippen LogP contribution in [0.3, 0.4) is 0 Å². The van der Waals surface area contributed by atoms with Crippen LogP contribution in [0.4, 0.5) is 13.2 Å². The van der Waals surface area contributed by atoms with E-state index < -0.39 is 11.7 Å². The minimum Gasteiger partial charge on any atom is -0.352 e. The summed E-state index contributed by atoms with van der Waals surface area (Å²) in [5.74, 6) is 0.646. The number of nitrogens with one attached hydrogen (secondary N) is 1. The molecule has 0 atom stereocenters. The molecule has 1 heterocycles. The van der Waals surface area contributed by atoms with Gasteiger partial charge in [-0.1, -0.05) is 24.3 Å². The average Bonchev–Trinajstić information content (AvgIpc) is 2.94. The number of hydrogen-bond donors (Lipinski definition) is 1. The van der Waals surface area contributed by atoms with Crippen LogP contribution in [0.5, 0.6) is 0 Å². The highest BCUT2D eigenvalue weighted by Crippen LogP contribution is 2.29. The molecule has 0 saturated carbocycles. The van der Waals surface area contributed by atoms with Crippen LogP contribution in [0.25, 0.3) is 11.0 Å². The van der Waals surface area contributed by atoms with E-state index in [9.17, 15) is 18.0 Å². The van der Waals surface area contributed by atoms with Gasteiger partial charge in [0.15, 0.2) is 0 Å². The largest absolute Gasteiger partial charge is 0.416 e. The van der Waals surface area contributed by atoms with Crippen molar-refractivity contribution >= 4 is 16.9 Å². The molecule has 3 aromatic rings. The van der Waals surface area contributed by atoms with Gasteiger partial charge in [0, 0.05) is 26.4 Å². The normalized spacial score (nSPS) is 11.7. The van der Waals surface area contributed by atoms with Gasteiger partial charge in [-0.2, -0.15) is 13.2 Å². The highest BCUT2D eigenvalue weighted by Gasteiger charge is 2.29. The van der Waals surface area contributed by atoms with Crippen molar-refractivity contribution in [3.05, 3.63) is 65.5 Å². The molecule has 1 aromatic heterocycles. The second-order valence-corrected chi connectivity index (χ2v) is 6.05. The number of benzene rings is 2. The Labute approximate surface area is 148 Å². The summed E-state index contributed by atoms with van der Waals surface area (Å²) in [4.78, 5) is 16.5. The van der Waals surface area contributed by atoms with E-state index in [0.717, 1.165) is 29.0 Å². The number of halogens is 3. The van der Waals surface area contributed by atoms with Crippen molar-refractivity contribution in [2.24, 2.45) is 7.05 Å². The zero-order valence-electron chi connectivity index (χ0n) is 14.2. The molecule has 1 amide bonds. The smallest absolute Gasteiger partial charge is 0.352 e. The Kier molecular flexibility index (Phi) is 4.97. The lowest BCUT2D eigenvalue weighted by Crippen LogP contribution is -2.23. The summed E-state index contributed by atoms with van der Waals surface area (Å²) in [7, 11) is 1.91. The lowest BCUT2D eigenvalue weighted by molar-refractivity contribution is -0.137. The Morgan fingerprint density at radius 2 is 1.81 bits per heavy atom. The second kappa shape index (κ2) is 7.19. The van der Waals surface area contributed by atoms with Gasteiger partial charge in [-0.25, -0.2) is 4.98 Å². The third-order valence-corrected chi connectivity index (χ3v) is 4.23. The van der Waals surface area contributed by atoms with Gasteiger partial charge < -0.3 is 9.88 Å². The van der Waals surface area contributed by atoms with Crippen molar-refractivity contribution in [3.8, 4) is 0 Å². The molecule has 0 aliphatic carbocycles. The van der Waals surface area contributed by atoms with Crippen LogP contribution in [0.15, 0.2) is 48.5 Å². The summed E-state index contributed by atoms with van der Waals surface area (Å²) in [5.41, 5.74) is 1.81. The Bertz CT molecular complexity index is 914. The minimum atomic E-state index is -4.35. The van der Waals surface area contributed by atoms with Gasteiger partial charge in [0.05, 0.1) is 16.6 Å². The Hall–Kier alpha value is -2.83. The molecule has 0 aliphatic heterocycles.